The van der Waals surface area contributed by atoms with Gasteiger partial charge in [-0.15, -0.1) is 0 Å². The topological polar surface area (TPSA) is 65.1 Å². The van der Waals surface area contributed by atoms with Gasteiger partial charge in [-0.2, -0.15) is 0 Å². The smallest absolute Gasteiger partial charge is 0.336 e. The molecule has 3 atom stereocenters. The molecule has 108 valence electrons. The Kier molecular flexibility index (Phi) is 4.76. The molecule has 6 heteroatoms. The summed E-state index contributed by atoms with van der Waals surface area (Å²) >= 11 is 0. The van der Waals surface area contributed by atoms with Gasteiger partial charge >= 0.3 is 5.97 Å². The van der Waals surface area contributed by atoms with Crippen LogP contribution in [0, 0.1) is 5.92 Å². The molecule has 2 aliphatic heterocycles. The molecular formula is C13H21NO5. The summed E-state index contributed by atoms with van der Waals surface area (Å²) in [5.41, 5.74) is 0. The summed E-state index contributed by atoms with van der Waals surface area (Å²) in [4.78, 5) is 25.6. The Morgan fingerprint density at radius 2 is 2.11 bits per heavy atom. The van der Waals surface area contributed by atoms with Gasteiger partial charge in [0.05, 0.1) is 32.3 Å². The number of rotatable bonds is 3. The van der Waals surface area contributed by atoms with E-state index in [1.807, 2.05) is 6.92 Å². The molecule has 0 aromatic carbocycles. The molecule has 0 aromatic heterocycles. The van der Waals surface area contributed by atoms with Crippen LogP contribution in [0.4, 0.5) is 0 Å². The van der Waals surface area contributed by atoms with Gasteiger partial charge in [0.15, 0.2) is 6.10 Å². The number of hydrogen-bond donors (Lipinski definition) is 0. The number of methoxy groups -OCH3 is 1. The van der Waals surface area contributed by atoms with Gasteiger partial charge in [0.1, 0.15) is 0 Å². The van der Waals surface area contributed by atoms with Crippen LogP contribution in [0.1, 0.15) is 19.8 Å². The van der Waals surface area contributed by atoms with Crippen LogP contribution in [0.3, 0.4) is 0 Å². The first kappa shape index (κ1) is 14.3. The fourth-order valence-corrected chi connectivity index (χ4v) is 2.69. The molecule has 0 N–H and O–H groups in total. The van der Waals surface area contributed by atoms with Crippen LogP contribution in [0.15, 0.2) is 0 Å². The summed E-state index contributed by atoms with van der Waals surface area (Å²) in [5.74, 6) is -0.435. The molecule has 2 heterocycles. The van der Waals surface area contributed by atoms with E-state index >= 15 is 0 Å². The van der Waals surface area contributed by atoms with Gasteiger partial charge in [-0.3, -0.25) is 4.79 Å². The number of carbonyl (C=O) groups is 2. The minimum atomic E-state index is -0.662. The van der Waals surface area contributed by atoms with Crippen molar-refractivity contribution in [2.24, 2.45) is 5.92 Å². The fraction of sp³-hybridized carbons (Fsp3) is 0.846. The Labute approximate surface area is 113 Å². The Hall–Kier alpha value is -1.14. The van der Waals surface area contributed by atoms with Crippen LogP contribution in [0.2, 0.25) is 0 Å². The number of ether oxygens (including phenoxy) is 3. The lowest BCUT2D eigenvalue weighted by Gasteiger charge is -2.33. The lowest BCUT2D eigenvalue weighted by molar-refractivity contribution is -0.163. The summed E-state index contributed by atoms with van der Waals surface area (Å²) in [5, 5.41) is 0. The van der Waals surface area contributed by atoms with Crippen molar-refractivity contribution in [1.82, 2.24) is 4.90 Å². The second kappa shape index (κ2) is 6.34. The lowest BCUT2D eigenvalue weighted by Crippen LogP contribution is -2.51. The van der Waals surface area contributed by atoms with E-state index in [1.165, 1.54) is 7.11 Å². The first-order chi connectivity index (χ1) is 9.17. The second-order valence-corrected chi connectivity index (χ2v) is 4.88. The molecule has 2 fully saturated rings. The zero-order valence-electron chi connectivity index (χ0n) is 11.5. The van der Waals surface area contributed by atoms with Gasteiger partial charge in [-0.05, 0) is 12.8 Å². The van der Waals surface area contributed by atoms with Crippen molar-refractivity contribution in [3.8, 4) is 0 Å². The molecule has 2 aliphatic rings. The first-order valence-corrected chi connectivity index (χ1v) is 6.77. The monoisotopic (exact) mass is 271 g/mol. The number of amides is 1. The quantitative estimate of drug-likeness (QED) is 0.686. The number of carbonyl (C=O) groups excluding carboxylic acids is 2. The molecule has 1 amide bonds. The van der Waals surface area contributed by atoms with Gasteiger partial charge in [0, 0.05) is 13.2 Å². The molecule has 0 aromatic rings. The third kappa shape index (κ3) is 3.06. The van der Waals surface area contributed by atoms with Crippen LogP contribution < -0.4 is 0 Å². The molecule has 6 nitrogen and oxygen atoms in total. The Morgan fingerprint density at radius 1 is 1.32 bits per heavy atom. The lowest BCUT2D eigenvalue weighted by atomic mass is 9.97. The molecule has 2 rings (SSSR count). The summed E-state index contributed by atoms with van der Waals surface area (Å²) < 4.78 is 15.5. The zero-order chi connectivity index (χ0) is 13.8. The third-order valence-corrected chi connectivity index (χ3v) is 3.77. The first-order valence-electron chi connectivity index (χ1n) is 6.77. The normalized spacial score (nSPS) is 31.3. The van der Waals surface area contributed by atoms with E-state index < -0.39 is 12.1 Å². The van der Waals surface area contributed by atoms with Crippen LogP contribution >= 0.6 is 0 Å². The Morgan fingerprint density at radius 3 is 2.79 bits per heavy atom. The van der Waals surface area contributed by atoms with Crippen LogP contribution in [0.5, 0.6) is 0 Å². The highest BCUT2D eigenvalue weighted by molar-refractivity contribution is 5.81. The van der Waals surface area contributed by atoms with E-state index in [0.717, 1.165) is 12.8 Å². The van der Waals surface area contributed by atoms with Crippen molar-refractivity contribution < 1.29 is 23.8 Å². The van der Waals surface area contributed by atoms with Gasteiger partial charge in [-0.25, -0.2) is 4.79 Å². The molecule has 0 bridgehead atoms. The molecule has 3 unspecified atom stereocenters. The maximum absolute atomic E-state index is 12.5. The molecule has 0 saturated carbocycles. The number of morpholine rings is 1. The SMILES string of the molecule is CCC1OCCC1C(=O)N1CCOC(C(=O)OC)C1. The van der Waals surface area contributed by atoms with Gasteiger partial charge in [0.25, 0.3) is 0 Å². The van der Waals surface area contributed by atoms with E-state index in [0.29, 0.717) is 19.8 Å². The standard InChI is InChI=1S/C13H21NO5/c1-3-10-9(4-6-18-10)12(15)14-5-7-19-11(8-14)13(16)17-2/h9-11H,3-8H2,1-2H3. The summed E-state index contributed by atoms with van der Waals surface area (Å²) in [7, 11) is 1.32. The second-order valence-electron chi connectivity index (χ2n) is 4.88. The number of hydrogen-bond acceptors (Lipinski definition) is 5. The van der Waals surface area contributed by atoms with E-state index in [4.69, 9.17) is 9.47 Å². The van der Waals surface area contributed by atoms with Crippen LogP contribution in [-0.4, -0.2) is 62.4 Å². The average molecular weight is 271 g/mol. The van der Waals surface area contributed by atoms with Crippen molar-refractivity contribution in [2.45, 2.75) is 32.0 Å². The van der Waals surface area contributed by atoms with Crippen LogP contribution in [-0.2, 0) is 23.8 Å². The van der Waals surface area contributed by atoms with Crippen molar-refractivity contribution in [3.05, 3.63) is 0 Å². The molecule has 0 radical (unpaired) electrons. The summed E-state index contributed by atoms with van der Waals surface area (Å²) in [6.45, 7) is 3.83. The van der Waals surface area contributed by atoms with Crippen molar-refractivity contribution in [1.29, 1.82) is 0 Å². The van der Waals surface area contributed by atoms with Gasteiger partial charge < -0.3 is 19.1 Å². The van der Waals surface area contributed by atoms with Crippen molar-refractivity contribution in [3.63, 3.8) is 0 Å². The highest BCUT2D eigenvalue weighted by atomic mass is 16.6. The summed E-state index contributed by atoms with van der Waals surface area (Å²) in [6.07, 6.45) is 0.940. The predicted molar refractivity (Wildman–Crippen MR) is 66.5 cm³/mol. The van der Waals surface area contributed by atoms with Crippen LogP contribution in [0.25, 0.3) is 0 Å². The predicted octanol–water partition coefficient (Wildman–Crippen LogP) is 0.202. The van der Waals surface area contributed by atoms with E-state index in [-0.39, 0.29) is 24.5 Å². The zero-order valence-corrected chi connectivity index (χ0v) is 11.5. The van der Waals surface area contributed by atoms with E-state index in [9.17, 15) is 9.59 Å². The minimum absolute atomic E-state index is 0.00641. The number of nitrogens with zero attached hydrogens (tertiary/aromatic N) is 1. The average Bonchev–Trinajstić information content (AvgIpc) is 2.94. The van der Waals surface area contributed by atoms with Gasteiger partial charge in [-0.1, -0.05) is 6.92 Å². The van der Waals surface area contributed by atoms with E-state index in [1.54, 1.807) is 4.90 Å². The Bertz CT molecular complexity index is 346. The number of esters is 1. The molecule has 2 saturated heterocycles. The van der Waals surface area contributed by atoms with Crippen molar-refractivity contribution in [2.75, 3.05) is 33.4 Å². The van der Waals surface area contributed by atoms with Crippen molar-refractivity contribution >= 4 is 11.9 Å². The van der Waals surface area contributed by atoms with E-state index in [2.05, 4.69) is 4.74 Å². The molecule has 19 heavy (non-hydrogen) atoms. The molecule has 0 aliphatic carbocycles. The maximum atomic E-state index is 12.5. The summed E-state index contributed by atoms with van der Waals surface area (Å²) in [6, 6.07) is 0. The molecular weight excluding hydrogens is 250 g/mol. The fourth-order valence-electron chi connectivity index (χ4n) is 2.69. The Balaban J connectivity index is 1.97. The minimum Gasteiger partial charge on any atom is -0.467 e. The highest BCUT2D eigenvalue weighted by Crippen LogP contribution is 2.26. The third-order valence-electron chi connectivity index (χ3n) is 3.77. The largest absolute Gasteiger partial charge is 0.467 e. The maximum Gasteiger partial charge on any atom is 0.336 e. The highest BCUT2D eigenvalue weighted by Gasteiger charge is 2.38. The molecule has 0 spiro atoms. The van der Waals surface area contributed by atoms with Gasteiger partial charge in [0.2, 0.25) is 5.91 Å².